The van der Waals surface area contributed by atoms with Crippen LogP contribution >= 0.6 is 0 Å². The number of amides is 1. The van der Waals surface area contributed by atoms with Gasteiger partial charge >= 0.3 is 0 Å². The van der Waals surface area contributed by atoms with Gasteiger partial charge in [0.15, 0.2) is 11.6 Å². The second-order valence-electron chi connectivity index (χ2n) is 8.81. The van der Waals surface area contributed by atoms with Gasteiger partial charge in [-0.3, -0.25) is 9.69 Å². The normalized spacial score (nSPS) is 19.8. The monoisotopic (exact) mass is 440 g/mol. The van der Waals surface area contributed by atoms with Crippen molar-refractivity contribution in [2.45, 2.75) is 32.2 Å². The molecule has 1 aromatic carbocycles. The first-order chi connectivity index (χ1) is 15.6. The van der Waals surface area contributed by atoms with Crippen molar-refractivity contribution in [1.29, 1.82) is 0 Å². The molecular weight excluding hydrogens is 407 g/mol. The Morgan fingerprint density at radius 2 is 2.00 bits per heavy atom. The summed E-state index contributed by atoms with van der Waals surface area (Å²) in [5.74, 6) is 1.76. The van der Waals surface area contributed by atoms with E-state index in [9.17, 15) is 9.18 Å². The minimum atomic E-state index is -0.327. The molecule has 7 heteroatoms. The van der Waals surface area contributed by atoms with E-state index in [-0.39, 0.29) is 11.7 Å². The number of methoxy groups -OCH3 is 1. The Kier molecular flexibility index (Phi) is 7.58. The Morgan fingerprint density at radius 3 is 2.75 bits per heavy atom. The van der Waals surface area contributed by atoms with Crippen molar-refractivity contribution in [2.24, 2.45) is 5.92 Å². The Labute approximate surface area is 190 Å². The summed E-state index contributed by atoms with van der Waals surface area (Å²) in [6.07, 6.45) is 5.67. The van der Waals surface area contributed by atoms with Gasteiger partial charge in [0.2, 0.25) is 5.91 Å². The molecule has 2 saturated heterocycles. The van der Waals surface area contributed by atoms with Crippen LogP contribution in [0, 0.1) is 11.7 Å². The summed E-state index contributed by atoms with van der Waals surface area (Å²) >= 11 is 0. The van der Waals surface area contributed by atoms with Gasteiger partial charge in [0, 0.05) is 51.9 Å². The van der Waals surface area contributed by atoms with E-state index in [0.29, 0.717) is 18.1 Å². The smallest absolute Gasteiger partial charge is 0.222 e. The van der Waals surface area contributed by atoms with Gasteiger partial charge in [0.05, 0.1) is 7.11 Å². The van der Waals surface area contributed by atoms with Crippen LogP contribution in [0.1, 0.15) is 31.2 Å². The fourth-order valence-corrected chi connectivity index (χ4v) is 4.80. The molecule has 3 heterocycles. The maximum Gasteiger partial charge on any atom is 0.222 e. The van der Waals surface area contributed by atoms with Crippen molar-refractivity contribution in [3.05, 3.63) is 54.0 Å². The number of carbonyl (C=O) groups is 1. The predicted octanol–water partition coefficient (Wildman–Crippen LogP) is 3.57. The first kappa shape index (κ1) is 22.5. The van der Waals surface area contributed by atoms with E-state index in [1.165, 1.54) is 19.6 Å². The average Bonchev–Trinajstić information content (AvgIpc) is 2.84. The lowest BCUT2D eigenvalue weighted by molar-refractivity contribution is -0.131. The van der Waals surface area contributed by atoms with Crippen LogP contribution in [0.15, 0.2) is 42.6 Å². The second kappa shape index (κ2) is 10.8. The van der Waals surface area contributed by atoms with Crippen LogP contribution in [0.2, 0.25) is 0 Å². The standard InChI is InChI=1S/C25H33FN4O2/c1-32-23-17-21(7-9-22(23)26)19-28-12-4-5-20(18-28)8-10-25(31)30-15-13-29(14-16-30)24-6-2-3-11-27-24/h2-3,6-7,9,11,17,20H,4-5,8,10,12-16,18-19H2,1H3/t20-/m0/s1. The molecule has 2 fully saturated rings. The zero-order valence-corrected chi connectivity index (χ0v) is 18.9. The number of hydrogen-bond acceptors (Lipinski definition) is 5. The van der Waals surface area contributed by atoms with Gasteiger partial charge in [-0.15, -0.1) is 0 Å². The fourth-order valence-electron chi connectivity index (χ4n) is 4.80. The summed E-state index contributed by atoms with van der Waals surface area (Å²) in [5, 5.41) is 0. The maximum atomic E-state index is 13.7. The number of hydrogen-bond donors (Lipinski definition) is 0. The van der Waals surface area contributed by atoms with E-state index < -0.39 is 0 Å². The molecule has 1 amide bonds. The number of pyridine rings is 1. The largest absolute Gasteiger partial charge is 0.494 e. The van der Waals surface area contributed by atoms with Crippen molar-refractivity contribution in [1.82, 2.24) is 14.8 Å². The quantitative estimate of drug-likeness (QED) is 0.659. The van der Waals surface area contributed by atoms with Crippen molar-refractivity contribution in [3.63, 3.8) is 0 Å². The highest BCUT2D eigenvalue weighted by Crippen LogP contribution is 2.25. The lowest BCUT2D eigenvalue weighted by atomic mass is 9.92. The number of piperazine rings is 1. The van der Waals surface area contributed by atoms with E-state index >= 15 is 0 Å². The van der Waals surface area contributed by atoms with Crippen molar-refractivity contribution in [3.8, 4) is 5.75 Å². The molecule has 32 heavy (non-hydrogen) atoms. The van der Waals surface area contributed by atoms with E-state index in [4.69, 9.17) is 4.74 Å². The minimum absolute atomic E-state index is 0.270. The number of ether oxygens (including phenoxy) is 1. The molecule has 1 atom stereocenters. The van der Waals surface area contributed by atoms with Crippen LogP contribution in [0.3, 0.4) is 0 Å². The lowest BCUT2D eigenvalue weighted by Gasteiger charge is -2.36. The summed E-state index contributed by atoms with van der Waals surface area (Å²) in [4.78, 5) is 23.9. The zero-order chi connectivity index (χ0) is 22.3. The summed E-state index contributed by atoms with van der Waals surface area (Å²) < 4.78 is 18.8. The molecule has 2 aliphatic heterocycles. The number of anilines is 1. The first-order valence-corrected chi connectivity index (χ1v) is 11.6. The molecule has 0 spiro atoms. The Bertz CT molecular complexity index is 887. The van der Waals surface area contributed by atoms with Crippen LogP contribution in [-0.2, 0) is 11.3 Å². The number of nitrogens with zero attached hydrogens (tertiary/aromatic N) is 4. The number of likely N-dealkylation sites (tertiary alicyclic amines) is 1. The molecule has 0 N–H and O–H groups in total. The molecule has 0 unspecified atom stereocenters. The molecule has 172 valence electrons. The molecule has 1 aromatic heterocycles. The average molecular weight is 441 g/mol. The van der Waals surface area contributed by atoms with Gasteiger partial charge in [-0.2, -0.15) is 0 Å². The van der Waals surface area contributed by atoms with Gasteiger partial charge in [-0.1, -0.05) is 12.1 Å². The number of aromatic nitrogens is 1. The van der Waals surface area contributed by atoms with Gasteiger partial charge in [0.25, 0.3) is 0 Å². The third kappa shape index (κ3) is 5.76. The number of carbonyl (C=O) groups excluding carboxylic acids is 1. The number of piperidine rings is 1. The van der Waals surface area contributed by atoms with Crippen molar-refractivity contribution < 1.29 is 13.9 Å². The van der Waals surface area contributed by atoms with Crippen LogP contribution < -0.4 is 9.64 Å². The molecule has 2 aromatic rings. The minimum Gasteiger partial charge on any atom is -0.494 e. The van der Waals surface area contributed by atoms with E-state index in [2.05, 4.69) is 14.8 Å². The first-order valence-electron chi connectivity index (χ1n) is 11.6. The molecule has 0 aliphatic carbocycles. The van der Waals surface area contributed by atoms with Crippen LogP contribution in [0.5, 0.6) is 5.75 Å². The van der Waals surface area contributed by atoms with Gasteiger partial charge in [-0.25, -0.2) is 9.37 Å². The highest BCUT2D eigenvalue weighted by Gasteiger charge is 2.25. The second-order valence-corrected chi connectivity index (χ2v) is 8.81. The third-order valence-corrected chi connectivity index (χ3v) is 6.60. The molecule has 6 nitrogen and oxygen atoms in total. The highest BCUT2D eigenvalue weighted by atomic mass is 19.1. The molecule has 0 bridgehead atoms. The van der Waals surface area contributed by atoms with Crippen molar-refractivity contribution in [2.75, 3.05) is 51.3 Å². The van der Waals surface area contributed by atoms with E-state index in [1.807, 2.05) is 35.4 Å². The Morgan fingerprint density at radius 1 is 1.16 bits per heavy atom. The van der Waals surface area contributed by atoms with Crippen molar-refractivity contribution >= 4 is 11.7 Å². The number of halogens is 1. The maximum absolute atomic E-state index is 13.7. The predicted molar refractivity (Wildman–Crippen MR) is 123 cm³/mol. The molecule has 4 rings (SSSR count). The Balaban J connectivity index is 1.21. The topological polar surface area (TPSA) is 48.9 Å². The van der Waals surface area contributed by atoms with E-state index in [0.717, 1.165) is 70.0 Å². The molecule has 2 aliphatic rings. The zero-order valence-electron chi connectivity index (χ0n) is 18.9. The molecule has 0 saturated carbocycles. The fraction of sp³-hybridized carbons (Fsp3) is 0.520. The summed E-state index contributed by atoms with van der Waals surface area (Å²) in [5.41, 5.74) is 1.06. The summed E-state index contributed by atoms with van der Waals surface area (Å²) in [6, 6.07) is 11.0. The summed E-state index contributed by atoms with van der Waals surface area (Å²) in [6.45, 7) is 6.01. The number of rotatable bonds is 7. The lowest BCUT2D eigenvalue weighted by Crippen LogP contribution is -2.49. The van der Waals surface area contributed by atoms with Gasteiger partial charge < -0.3 is 14.5 Å². The highest BCUT2D eigenvalue weighted by molar-refractivity contribution is 5.76. The van der Waals surface area contributed by atoms with Crippen LogP contribution in [0.25, 0.3) is 0 Å². The molecular formula is C25H33FN4O2. The third-order valence-electron chi connectivity index (χ3n) is 6.60. The van der Waals surface area contributed by atoms with Gasteiger partial charge in [0.1, 0.15) is 5.82 Å². The van der Waals surface area contributed by atoms with Gasteiger partial charge in [-0.05, 0) is 61.6 Å². The Hall–Kier alpha value is -2.67. The van der Waals surface area contributed by atoms with Crippen LogP contribution in [-0.4, -0.2) is 67.1 Å². The van der Waals surface area contributed by atoms with E-state index in [1.54, 1.807) is 6.07 Å². The summed E-state index contributed by atoms with van der Waals surface area (Å²) in [7, 11) is 1.49. The molecule has 0 radical (unpaired) electrons. The van der Waals surface area contributed by atoms with Crippen LogP contribution in [0.4, 0.5) is 10.2 Å². The SMILES string of the molecule is COc1cc(CN2CCC[C@@H](CCC(=O)N3CCN(c4ccccn4)CC3)C2)ccc1F. The number of benzene rings is 1.